The van der Waals surface area contributed by atoms with E-state index in [-0.39, 0.29) is 30.0 Å². The molecule has 0 aliphatic rings. The lowest BCUT2D eigenvalue weighted by molar-refractivity contribution is -0.122. The molecule has 4 aromatic rings. The highest BCUT2D eigenvalue weighted by molar-refractivity contribution is 5.94. The summed E-state index contributed by atoms with van der Waals surface area (Å²) in [7, 11) is 0. The quantitative estimate of drug-likeness (QED) is 0.450. The van der Waals surface area contributed by atoms with E-state index >= 15 is 0 Å². The van der Waals surface area contributed by atoms with E-state index in [4.69, 9.17) is 0 Å². The lowest BCUT2D eigenvalue weighted by Crippen LogP contribution is -2.42. The summed E-state index contributed by atoms with van der Waals surface area (Å²) in [4.78, 5) is 51.7. The Hall–Kier alpha value is -4.26. The molecule has 1 amide bonds. The fourth-order valence-corrected chi connectivity index (χ4v) is 3.99. The number of benzene rings is 3. The van der Waals surface area contributed by atoms with E-state index in [2.05, 4.69) is 5.32 Å². The Morgan fingerprint density at radius 3 is 2.38 bits per heavy atom. The van der Waals surface area contributed by atoms with Crippen LogP contribution in [0.5, 0.6) is 0 Å². The highest BCUT2D eigenvalue weighted by Gasteiger charge is 2.18. The number of carbonyl (C=O) groups excluding carboxylic acids is 2. The smallest absolute Gasteiger partial charge is 0.336 e. The first-order valence-electron chi connectivity index (χ1n) is 11.0. The zero-order chi connectivity index (χ0) is 24.4. The molecule has 34 heavy (non-hydrogen) atoms. The predicted molar refractivity (Wildman–Crippen MR) is 132 cm³/mol. The second-order valence-electron chi connectivity index (χ2n) is 8.34. The number of nitrogens with zero attached hydrogens (tertiary/aromatic N) is 2. The van der Waals surface area contributed by atoms with Gasteiger partial charge in [0.2, 0.25) is 5.91 Å². The number of hydrogen-bond donors (Lipinski definition) is 1. The Morgan fingerprint density at radius 1 is 0.941 bits per heavy atom. The third-order valence-corrected chi connectivity index (χ3v) is 5.79. The SMILES string of the molecule is CC(=O)c1cccc(-n2c(=O)c3cc(C)ccc3n(CC(=O)N[C@H](C)c3ccccc3)c2=O)c1. The maximum Gasteiger partial charge on any atom is 0.336 e. The van der Waals surface area contributed by atoms with Gasteiger partial charge in [0.25, 0.3) is 5.56 Å². The van der Waals surface area contributed by atoms with Crippen LogP contribution in [0.2, 0.25) is 0 Å². The normalized spacial score (nSPS) is 11.9. The number of fused-ring (bicyclic) bond motifs is 1. The first-order chi connectivity index (χ1) is 16.3. The van der Waals surface area contributed by atoms with Crippen molar-refractivity contribution in [2.75, 3.05) is 0 Å². The van der Waals surface area contributed by atoms with E-state index in [0.717, 1.165) is 15.7 Å². The number of Topliss-reactive ketones (excluding diaryl/α,β-unsaturated/α-hetero) is 1. The van der Waals surface area contributed by atoms with E-state index in [1.165, 1.54) is 17.6 Å². The molecule has 0 unspecified atom stereocenters. The largest absolute Gasteiger partial charge is 0.348 e. The average molecular weight is 456 g/mol. The van der Waals surface area contributed by atoms with E-state index in [9.17, 15) is 19.2 Å². The summed E-state index contributed by atoms with van der Waals surface area (Å²) in [5.41, 5.74) is 1.67. The van der Waals surface area contributed by atoms with Crippen molar-refractivity contribution in [3.8, 4) is 5.69 Å². The van der Waals surface area contributed by atoms with Crippen LogP contribution in [0, 0.1) is 6.92 Å². The Labute approximate surface area is 196 Å². The predicted octanol–water partition coefficient (Wildman–Crippen LogP) is 3.54. The van der Waals surface area contributed by atoms with Gasteiger partial charge in [-0.2, -0.15) is 0 Å². The van der Waals surface area contributed by atoms with Gasteiger partial charge < -0.3 is 5.32 Å². The van der Waals surface area contributed by atoms with Crippen molar-refractivity contribution in [3.05, 3.63) is 110 Å². The second kappa shape index (κ2) is 9.31. The van der Waals surface area contributed by atoms with Gasteiger partial charge >= 0.3 is 5.69 Å². The molecule has 1 heterocycles. The van der Waals surface area contributed by atoms with E-state index in [1.54, 1.807) is 36.4 Å². The van der Waals surface area contributed by atoms with Crippen LogP contribution < -0.4 is 16.6 Å². The summed E-state index contributed by atoms with van der Waals surface area (Å²) < 4.78 is 2.31. The second-order valence-corrected chi connectivity index (χ2v) is 8.34. The van der Waals surface area contributed by atoms with Gasteiger partial charge in [0, 0.05) is 5.56 Å². The van der Waals surface area contributed by atoms with Crippen LogP contribution in [0.3, 0.4) is 0 Å². The van der Waals surface area contributed by atoms with Gasteiger partial charge in [0.05, 0.1) is 22.6 Å². The highest BCUT2D eigenvalue weighted by atomic mass is 16.2. The molecule has 0 aliphatic heterocycles. The molecule has 1 N–H and O–H groups in total. The number of aryl methyl sites for hydroxylation is 1. The van der Waals surface area contributed by atoms with E-state index in [1.807, 2.05) is 44.2 Å². The first kappa shape index (κ1) is 22.9. The van der Waals surface area contributed by atoms with Crippen molar-refractivity contribution in [2.45, 2.75) is 33.4 Å². The highest BCUT2D eigenvalue weighted by Crippen LogP contribution is 2.15. The minimum atomic E-state index is -0.649. The molecule has 0 bridgehead atoms. The molecule has 0 radical (unpaired) electrons. The molecule has 172 valence electrons. The van der Waals surface area contributed by atoms with Crippen LogP contribution in [0.1, 0.15) is 41.4 Å². The van der Waals surface area contributed by atoms with Crippen LogP contribution in [0.15, 0.2) is 82.4 Å². The van der Waals surface area contributed by atoms with Crippen LogP contribution in [0.4, 0.5) is 0 Å². The minimum Gasteiger partial charge on any atom is -0.348 e. The van der Waals surface area contributed by atoms with Gasteiger partial charge in [-0.05, 0) is 50.6 Å². The van der Waals surface area contributed by atoms with Gasteiger partial charge in [-0.15, -0.1) is 0 Å². The molecule has 0 aliphatic carbocycles. The fraction of sp³-hybridized carbons (Fsp3) is 0.185. The number of carbonyl (C=O) groups is 2. The molecule has 4 rings (SSSR count). The van der Waals surface area contributed by atoms with Crippen molar-refractivity contribution < 1.29 is 9.59 Å². The lowest BCUT2D eigenvalue weighted by Gasteiger charge is -2.17. The van der Waals surface area contributed by atoms with Gasteiger partial charge in [-0.3, -0.25) is 19.0 Å². The molecule has 3 aromatic carbocycles. The number of rotatable bonds is 6. The Balaban J connectivity index is 1.82. The summed E-state index contributed by atoms with van der Waals surface area (Å²) in [5, 5.41) is 3.23. The summed E-state index contributed by atoms with van der Waals surface area (Å²) >= 11 is 0. The number of amides is 1. The Kier molecular flexibility index (Phi) is 6.27. The van der Waals surface area contributed by atoms with Gasteiger partial charge in [-0.25, -0.2) is 9.36 Å². The topological polar surface area (TPSA) is 90.2 Å². The fourth-order valence-electron chi connectivity index (χ4n) is 3.99. The van der Waals surface area contributed by atoms with E-state index < -0.39 is 11.2 Å². The first-order valence-corrected chi connectivity index (χ1v) is 11.0. The molecule has 1 atom stereocenters. The monoisotopic (exact) mass is 455 g/mol. The average Bonchev–Trinajstić information content (AvgIpc) is 2.82. The molecule has 0 saturated heterocycles. The summed E-state index contributed by atoms with van der Waals surface area (Å²) in [6, 6.07) is 20.8. The zero-order valence-electron chi connectivity index (χ0n) is 19.2. The maximum atomic E-state index is 13.5. The number of ketones is 1. The zero-order valence-corrected chi connectivity index (χ0v) is 19.2. The lowest BCUT2D eigenvalue weighted by atomic mass is 10.1. The van der Waals surface area contributed by atoms with E-state index in [0.29, 0.717) is 16.5 Å². The third kappa shape index (κ3) is 4.45. The van der Waals surface area contributed by atoms with Crippen LogP contribution in [-0.2, 0) is 11.3 Å². The number of nitrogens with one attached hydrogen (secondary N) is 1. The molecule has 7 heteroatoms. The Bertz CT molecular complexity index is 1520. The summed E-state index contributed by atoms with van der Waals surface area (Å²) in [5.74, 6) is -0.538. The van der Waals surface area contributed by atoms with Crippen molar-refractivity contribution in [3.63, 3.8) is 0 Å². The number of aromatic nitrogens is 2. The third-order valence-electron chi connectivity index (χ3n) is 5.79. The van der Waals surface area contributed by atoms with Crippen molar-refractivity contribution >= 4 is 22.6 Å². The molecule has 1 aromatic heterocycles. The van der Waals surface area contributed by atoms with Crippen LogP contribution in [0.25, 0.3) is 16.6 Å². The molecule has 7 nitrogen and oxygen atoms in total. The maximum absolute atomic E-state index is 13.5. The minimum absolute atomic E-state index is 0.180. The molecule has 0 saturated carbocycles. The van der Waals surface area contributed by atoms with Gasteiger partial charge in [0.15, 0.2) is 5.78 Å². The molecular formula is C27H25N3O4. The van der Waals surface area contributed by atoms with Gasteiger partial charge in [0.1, 0.15) is 6.54 Å². The van der Waals surface area contributed by atoms with Crippen molar-refractivity contribution in [1.82, 2.24) is 14.5 Å². The van der Waals surface area contributed by atoms with Crippen LogP contribution in [-0.4, -0.2) is 20.8 Å². The van der Waals surface area contributed by atoms with Crippen molar-refractivity contribution in [2.24, 2.45) is 0 Å². The van der Waals surface area contributed by atoms with Crippen molar-refractivity contribution in [1.29, 1.82) is 0 Å². The Morgan fingerprint density at radius 2 is 1.68 bits per heavy atom. The summed E-state index contributed by atoms with van der Waals surface area (Å²) in [6.07, 6.45) is 0. The molecular weight excluding hydrogens is 430 g/mol. The van der Waals surface area contributed by atoms with Crippen LogP contribution >= 0.6 is 0 Å². The molecule has 0 spiro atoms. The standard InChI is InChI=1S/C27H25N3O4/c1-17-12-13-24-23(14-17)26(33)30(22-11-7-10-21(15-22)19(3)31)27(34)29(24)16-25(32)28-18(2)20-8-5-4-6-9-20/h4-15,18H,16H2,1-3H3,(H,28,32)/t18-/m1/s1. The van der Waals surface area contributed by atoms with Gasteiger partial charge in [-0.1, -0.05) is 54.1 Å². The molecule has 0 fully saturated rings. The number of hydrogen-bond acceptors (Lipinski definition) is 4. The summed E-state index contributed by atoms with van der Waals surface area (Å²) in [6.45, 7) is 4.87.